The highest BCUT2D eigenvalue weighted by molar-refractivity contribution is 6.04. The lowest BCUT2D eigenvalue weighted by Crippen LogP contribution is -2.37. The summed E-state index contributed by atoms with van der Waals surface area (Å²) < 4.78 is 0. The molecule has 1 unspecified atom stereocenters. The van der Waals surface area contributed by atoms with Gasteiger partial charge in [0.15, 0.2) is 0 Å². The number of nitrogens with zero attached hydrogens (tertiary/aromatic N) is 3. The molecule has 1 atom stereocenters. The Hall–Kier alpha value is -2.73. The van der Waals surface area contributed by atoms with E-state index in [9.17, 15) is 9.59 Å². The summed E-state index contributed by atoms with van der Waals surface area (Å²) in [6.07, 6.45) is 6.73. The number of pyridine rings is 1. The largest absolute Gasteiger partial charge is 0.337 e. The van der Waals surface area contributed by atoms with Gasteiger partial charge in [-0.2, -0.15) is 0 Å². The van der Waals surface area contributed by atoms with Crippen molar-refractivity contribution in [1.29, 1.82) is 0 Å². The van der Waals surface area contributed by atoms with E-state index in [1.807, 2.05) is 11.0 Å². The first-order valence-electron chi connectivity index (χ1n) is 9.55. The number of hydrogen-bond acceptors (Lipinski definition) is 4. The van der Waals surface area contributed by atoms with Crippen LogP contribution in [0.5, 0.6) is 0 Å². The van der Waals surface area contributed by atoms with Crippen LogP contribution in [-0.2, 0) is 0 Å². The first-order valence-corrected chi connectivity index (χ1v) is 9.55. The average molecular weight is 364 g/mol. The van der Waals surface area contributed by atoms with Crippen LogP contribution in [0.2, 0.25) is 0 Å². The van der Waals surface area contributed by atoms with E-state index >= 15 is 0 Å². The van der Waals surface area contributed by atoms with Crippen LogP contribution < -0.4 is 5.32 Å². The van der Waals surface area contributed by atoms with Crippen LogP contribution in [0.4, 0.5) is 5.69 Å². The molecule has 3 heterocycles. The molecule has 0 radical (unpaired) electrons. The monoisotopic (exact) mass is 364 g/mol. The fraction of sp³-hybridized carbons (Fsp3) is 0.381. The van der Waals surface area contributed by atoms with Gasteiger partial charge < -0.3 is 10.2 Å². The topological polar surface area (TPSA) is 65.5 Å². The molecule has 2 amide bonds. The molecule has 27 heavy (non-hydrogen) atoms. The Balaban J connectivity index is 1.41. The van der Waals surface area contributed by atoms with Crippen LogP contribution in [0.25, 0.3) is 0 Å². The van der Waals surface area contributed by atoms with E-state index in [0.717, 1.165) is 32.6 Å². The fourth-order valence-corrected chi connectivity index (χ4v) is 3.94. The standard InChI is InChI=1S/C21H24N4O2/c26-20(17-6-4-9-22-14-17)23-18-7-3-5-16(13-18)21(27)25-12-8-19(15-25)24-10-1-2-11-24/h3-7,9,13-14,19H,1-2,8,10-12,15H2,(H,23,26). The zero-order valence-corrected chi connectivity index (χ0v) is 15.3. The smallest absolute Gasteiger partial charge is 0.257 e. The minimum absolute atomic E-state index is 0.0363. The van der Waals surface area contributed by atoms with Gasteiger partial charge in [-0.15, -0.1) is 0 Å². The van der Waals surface area contributed by atoms with Crippen molar-refractivity contribution in [3.63, 3.8) is 0 Å². The molecule has 0 spiro atoms. The van der Waals surface area contributed by atoms with Gasteiger partial charge in [0.05, 0.1) is 5.56 Å². The molecule has 1 N–H and O–H groups in total. The van der Waals surface area contributed by atoms with Gasteiger partial charge in [-0.3, -0.25) is 19.5 Å². The second-order valence-corrected chi connectivity index (χ2v) is 7.21. The molecule has 140 valence electrons. The molecule has 1 aromatic carbocycles. The zero-order chi connectivity index (χ0) is 18.6. The van der Waals surface area contributed by atoms with Gasteiger partial charge in [0.1, 0.15) is 0 Å². The number of benzene rings is 1. The van der Waals surface area contributed by atoms with E-state index < -0.39 is 0 Å². The average Bonchev–Trinajstić information content (AvgIpc) is 3.40. The summed E-state index contributed by atoms with van der Waals surface area (Å²) in [4.78, 5) is 33.6. The van der Waals surface area contributed by atoms with E-state index in [2.05, 4.69) is 15.2 Å². The van der Waals surface area contributed by atoms with Crippen LogP contribution >= 0.6 is 0 Å². The maximum atomic E-state index is 12.9. The Morgan fingerprint density at radius 3 is 2.63 bits per heavy atom. The van der Waals surface area contributed by atoms with Gasteiger partial charge in [-0.05, 0) is 62.7 Å². The van der Waals surface area contributed by atoms with E-state index in [1.54, 1.807) is 36.5 Å². The van der Waals surface area contributed by atoms with Crippen molar-refractivity contribution in [3.8, 4) is 0 Å². The number of aromatic nitrogens is 1. The van der Waals surface area contributed by atoms with Gasteiger partial charge in [-0.1, -0.05) is 6.07 Å². The quantitative estimate of drug-likeness (QED) is 0.906. The number of amides is 2. The van der Waals surface area contributed by atoms with Gasteiger partial charge in [0.2, 0.25) is 0 Å². The van der Waals surface area contributed by atoms with Crippen molar-refractivity contribution in [2.45, 2.75) is 25.3 Å². The first-order chi connectivity index (χ1) is 13.2. The van der Waals surface area contributed by atoms with Crippen LogP contribution in [0.3, 0.4) is 0 Å². The summed E-state index contributed by atoms with van der Waals surface area (Å²) in [7, 11) is 0. The van der Waals surface area contributed by atoms with E-state index in [4.69, 9.17) is 0 Å². The predicted octanol–water partition coefficient (Wildman–Crippen LogP) is 2.64. The molecule has 2 aromatic rings. The number of anilines is 1. The second kappa shape index (κ2) is 7.88. The highest BCUT2D eigenvalue weighted by Crippen LogP contribution is 2.22. The number of carbonyl (C=O) groups excluding carboxylic acids is 2. The van der Waals surface area contributed by atoms with E-state index in [1.165, 1.54) is 19.0 Å². The molecule has 0 saturated carbocycles. The molecule has 2 saturated heterocycles. The number of rotatable bonds is 4. The Morgan fingerprint density at radius 1 is 1.04 bits per heavy atom. The SMILES string of the molecule is O=C(Nc1cccc(C(=O)N2CCC(N3CCCC3)C2)c1)c1cccnc1. The molecule has 2 fully saturated rings. The predicted molar refractivity (Wildman–Crippen MR) is 104 cm³/mol. The van der Waals surface area contributed by atoms with Crippen molar-refractivity contribution in [2.75, 3.05) is 31.5 Å². The van der Waals surface area contributed by atoms with Gasteiger partial charge in [-0.25, -0.2) is 0 Å². The summed E-state index contributed by atoms with van der Waals surface area (Å²) in [6, 6.07) is 11.1. The molecule has 2 aliphatic heterocycles. The molecule has 1 aromatic heterocycles. The van der Waals surface area contributed by atoms with E-state index in [-0.39, 0.29) is 11.8 Å². The second-order valence-electron chi connectivity index (χ2n) is 7.21. The van der Waals surface area contributed by atoms with E-state index in [0.29, 0.717) is 22.9 Å². The Morgan fingerprint density at radius 2 is 1.85 bits per heavy atom. The molecule has 2 aliphatic rings. The third-order valence-corrected chi connectivity index (χ3v) is 5.40. The number of carbonyl (C=O) groups is 2. The number of likely N-dealkylation sites (tertiary alicyclic amines) is 2. The zero-order valence-electron chi connectivity index (χ0n) is 15.3. The van der Waals surface area contributed by atoms with Gasteiger partial charge in [0, 0.05) is 42.8 Å². The molecule has 6 nitrogen and oxygen atoms in total. The summed E-state index contributed by atoms with van der Waals surface area (Å²) in [5.41, 5.74) is 1.72. The number of hydrogen-bond donors (Lipinski definition) is 1. The van der Waals surface area contributed by atoms with Crippen LogP contribution in [0.1, 0.15) is 40.0 Å². The van der Waals surface area contributed by atoms with Gasteiger partial charge in [0.25, 0.3) is 11.8 Å². The molecular weight excluding hydrogens is 340 g/mol. The lowest BCUT2D eigenvalue weighted by atomic mass is 10.1. The Kier molecular flexibility index (Phi) is 5.16. The van der Waals surface area contributed by atoms with Crippen molar-refractivity contribution in [3.05, 3.63) is 59.9 Å². The maximum Gasteiger partial charge on any atom is 0.257 e. The van der Waals surface area contributed by atoms with Crippen LogP contribution in [0, 0.1) is 0 Å². The lowest BCUT2D eigenvalue weighted by Gasteiger charge is -2.23. The fourth-order valence-electron chi connectivity index (χ4n) is 3.94. The summed E-state index contributed by atoms with van der Waals surface area (Å²) in [5.74, 6) is -0.197. The Labute approximate surface area is 159 Å². The highest BCUT2D eigenvalue weighted by Gasteiger charge is 2.31. The van der Waals surface area contributed by atoms with Crippen LogP contribution in [0.15, 0.2) is 48.8 Å². The summed E-state index contributed by atoms with van der Waals surface area (Å²) in [6.45, 7) is 3.91. The van der Waals surface area contributed by atoms with Crippen LogP contribution in [-0.4, -0.2) is 58.8 Å². The lowest BCUT2D eigenvalue weighted by molar-refractivity contribution is 0.0779. The van der Waals surface area contributed by atoms with Gasteiger partial charge >= 0.3 is 0 Å². The molecule has 4 rings (SSSR count). The minimum Gasteiger partial charge on any atom is -0.337 e. The summed E-state index contributed by atoms with van der Waals surface area (Å²) >= 11 is 0. The molecule has 6 heteroatoms. The molecule has 0 aliphatic carbocycles. The summed E-state index contributed by atoms with van der Waals surface area (Å²) in [5, 5.41) is 2.84. The van der Waals surface area contributed by atoms with Crippen molar-refractivity contribution in [1.82, 2.24) is 14.8 Å². The number of nitrogens with one attached hydrogen (secondary N) is 1. The first kappa shape index (κ1) is 17.7. The minimum atomic E-state index is -0.233. The normalized spacial score (nSPS) is 20.0. The van der Waals surface area contributed by atoms with Crippen molar-refractivity contribution in [2.24, 2.45) is 0 Å². The van der Waals surface area contributed by atoms with Crippen molar-refractivity contribution >= 4 is 17.5 Å². The third kappa shape index (κ3) is 4.01. The van der Waals surface area contributed by atoms with Crippen molar-refractivity contribution < 1.29 is 9.59 Å². The molecule has 0 bridgehead atoms. The maximum absolute atomic E-state index is 12.9. The Bertz CT molecular complexity index is 818. The highest BCUT2D eigenvalue weighted by atomic mass is 16.2. The molecular formula is C21H24N4O2. The third-order valence-electron chi connectivity index (χ3n) is 5.40.